The summed E-state index contributed by atoms with van der Waals surface area (Å²) in [7, 11) is 1.40. The molecule has 0 heterocycles. The number of hydrogen-bond donors (Lipinski definition) is 0. The maximum absolute atomic E-state index is 11.9. The fraction of sp³-hybridized carbons (Fsp3) is 0.364. The van der Waals surface area contributed by atoms with Crippen LogP contribution in [0, 0.1) is 11.3 Å². The zero-order valence-corrected chi connectivity index (χ0v) is 9.04. The van der Waals surface area contributed by atoms with E-state index in [1.165, 1.54) is 25.3 Å². The Bertz CT molecular complexity index is 424. The average molecular weight is 245 g/mol. The molecule has 1 aromatic rings. The maximum atomic E-state index is 11.9. The number of hydrogen-bond acceptors (Lipinski definition) is 3. The summed E-state index contributed by atoms with van der Waals surface area (Å²) in [4.78, 5) is 0. The van der Waals surface area contributed by atoms with Crippen LogP contribution in [0.4, 0.5) is 13.2 Å². The zero-order chi connectivity index (χ0) is 12.9. The van der Waals surface area contributed by atoms with Gasteiger partial charge in [0.1, 0.15) is 12.4 Å². The Balaban J connectivity index is 2.72. The van der Waals surface area contributed by atoms with Crippen LogP contribution in [0.5, 0.6) is 5.75 Å². The van der Waals surface area contributed by atoms with Gasteiger partial charge in [0.2, 0.25) is 0 Å². The van der Waals surface area contributed by atoms with Gasteiger partial charge in [0.25, 0.3) is 0 Å². The molecule has 6 heteroatoms. The van der Waals surface area contributed by atoms with Crippen molar-refractivity contribution in [2.24, 2.45) is 0 Å². The van der Waals surface area contributed by atoms with E-state index in [2.05, 4.69) is 4.74 Å². The predicted molar refractivity (Wildman–Crippen MR) is 53.4 cm³/mol. The third kappa shape index (κ3) is 4.33. The highest BCUT2D eigenvalue weighted by Crippen LogP contribution is 2.22. The van der Waals surface area contributed by atoms with Crippen molar-refractivity contribution < 1.29 is 22.6 Å². The van der Waals surface area contributed by atoms with Gasteiger partial charge < -0.3 is 9.47 Å². The zero-order valence-electron chi connectivity index (χ0n) is 9.04. The first-order chi connectivity index (χ1) is 7.96. The molecule has 0 aliphatic heterocycles. The van der Waals surface area contributed by atoms with Crippen LogP contribution in [-0.4, -0.2) is 19.9 Å². The molecule has 0 N–H and O–H groups in total. The number of halogens is 3. The lowest BCUT2D eigenvalue weighted by molar-refractivity contribution is -0.176. The number of alkyl halides is 3. The Morgan fingerprint density at radius 2 is 2.06 bits per heavy atom. The third-order valence-electron chi connectivity index (χ3n) is 1.93. The van der Waals surface area contributed by atoms with Crippen LogP contribution in [-0.2, 0) is 11.3 Å². The van der Waals surface area contributed by atoms with Gasteiger partial charge >= 0.3 is 6.18 Å². The Kier molecular flexibility index (Phi) is 4.35. The fourth-order valence-corrected chi connectivity index (χ4v) is 1.24. The van der Waals surface area contributed by atoms with E-state index in [4.69, 9.17) is 10.00 Å². The molecular formula is C11H10F3NO2. The number of ether oxygens (including phenoxy) is 2. The molecule has 1 aromatic carbocycles. The molecule has 17 heavy (non-hydrogen) atoms. The van der Waals surface area contributed by atoms with Gasteiger partial charge in [-0.15, -0.1) is 0 Å². The van der Waals surface area contributed by atoms with Crippen molar-refractivity contribution in [3.05, 3.63) is 29.3 Å². The molecule has 0 unspecified atom stereocenters. The number of nitrogens with zero attached hydrogens (tertiary/aromatic N) is 1. The van der Waals surface area contributed by atoms with Crippen LogP contribution in [0.25, 0.3) is 0 Å². The molecule has 92 valence electrons. The molecule has 1 rings (SSSR count). The van der Waals surface area contributed by atoms with Crippen molar-refractivity contribution >= 4 is 0 Å². The van der Waals surface area contributed by atoms with Crippen LogP contribution < -0.4 is 4.74 Å². The van der Waals surface area contributed by atoms with Gasteiger partial charge in [-0.3, -0.25) is 0 Å². The maximum Gasteiger partial charge on any atom is 0.411 e. The van der Waals surface area contributed by atoms with Crippen LogP contribution in [0.1, 0.15) is 11.1 Å². The van der Waals surface area contributed by atoms with Crippen molar-refractivity contribution in [2.75, 3.05) is 13.7 Å². The summed E-state index contributed by atoms with van der Waals surface area (Å²) in [5.74, 6) is 0.395. The van der Waals surface area contributed by atoms with Gasteiger partial charge in [0, 0.05) is 5.56 Å². The topological polar surface area (TPSA) is 42.2 Å². The largest absolute Gasteiger partial charge is 0.496 e. The van der Waals surface area contributed by atoms with Crippen LogP contribution in [0.15, 0.2) is 18.2 Å². The van der Waals surface area contributed by atoms with Crippen molar-refractivity contribution in [1.82, 2.24) is 0 Å². The molecule has 0 radical (unpaired) electrons. The third-order valence-corrected chi connectivity index (χ3v) is 1.93. The van der Waals surface area contributed by atoms with Crippen LogP contribution in [0.3, 0.4) is 0 Å². The van der Waals surface area contributed by atoms with E-state index in [1.54, 1.807) is 0 Å². The average Bonchev–Trinajstić information content (AvgIpc) is 2.27. The second kappa shape index (κ2) is 5.55. The van der Waals surface area contributed by atoms with Gasteiger partial charge in [0.15, 0.2) is 0 Å². The first kappa shape index (κ1) is 13.3. The quantitative estimate of drug-likeness (QED) is 0.818. The van der Waals surface area contributed by atoms with Crippen LogP contribution in [0.2, 0.25) is 0 Å². The number of nitriles is 1. The van der Waals surface area contributed by atoms with Gasteiger partial charge in [-0.05, 0) is 18.2 Å². The minimum atomic E-state index is -4.36. The molecule has 0 atom stereocenters. The number of rotatable bonds is 4. The summed E-state index contributed by atoms with van der Waals surface area (Å²) in [5.41, 5.74) is 0.757. The summed E-state index contributed by atoms with van der Waals surface area (Å²) in [6.07, 6.45) is -4.36. The van der Waals surface area contributed by atoms with E-state index in [1.807, 2.05) is 6.07 Å². The molecule has 0 spiro atoms. The summed E-state index contributed by atoms with van der Waals surface area (Å²) in [6.45, 7) is -1.58. The second-order valence-electron chi connectivity index (χ2n) is 3.25. The number of benzene rings is 1. The highest BCUT2D eigenvalue weighted by molar-refractivity contribution is 5.41. The summed E-state index contributed by atoms with van der Waals surface area (Å²) >= 11 is 0. The van der Waals surface area contributed by atoms with Crippen molar-refractivity contribution in [1.29, 1.82) is 5.26 Å². The Hall–Kier alpha value is -1.74. The van der Waals surface area contributed by atoms with E-state index < -0.39 is 12.8 Å². The Labute approximate surface area is 96.4 Å². The van der Waals surface area contributed by atoms with E-state index in [0.717, 1.165) is 0 Å². The van der Waals surface area contributed by atoms with Gasteiger partial charge in [-0.25, -0.2) is 0 Å². The SMILES string of the molecule is COc1ccc(C#N)cc1COCC(F)(F)F. The van der Waals surface area contributed by atoms with Crippen molar-refractivity contribution in [3.63, 3.8) is 0 Å². The van der Waals surface area contributed by atoms with Crippen molar-refractivity contribution in [3.8, 4) is 11.8 Å². The molecule has 0 amide bonds. The van der Waals surface area contributed by atoms with Gasteiger partial charge in [-0.2, -0.15) is 18.4 Å². The van der Waals surface area contributed by atoms with Crippen molar-refractivity contribution in [2.45, 2.75) is 12.8 Å². The minimum Gasteiger partial charge on any atom is -0.496 e. The van der Waals surface area contributed by atoms with E-state index in [-0.39, 0.29) is 6.61 Å². The molecule has 0 aliphatic rings. The fourth-order valence-electron chi connectivity index (χ4n) is 1.24. The summed E-state index contributed by atoms with van der Waals surface area (Å²) in [5, 5.41) is 8.67. The first-order valence-corrected chi connectivity index (χ1v) is 4.68. The molecule has 0 aromatic heterocycles. The monoisotopic (exact) mass is 245 g/mol. The molecule has 0 fully saturated rings. The highest BCUT2D eigenvalue weighted by atomic mass is 19.4. The minimum absolute atomic E-state index is 0.252. The lowest BCUT2D eigenvalue weighted by atomic mass is 10.1. The number of methoxy groups -OCH3 is 1. The summed E-state index contributed by atoms with van der Waals surface area (Å²) < 4.78 is 45.1. The molecule has 0 saturated heterocycles. The van der Waals surface area contributed by atoms with Gasteiger partial charge in [-0.1, -0.05) is 0 Å². The Morgan fingerprint density at radius 1 is 1.35 bits per heavy atom. The molecule has 0 bridgehead atoms. The van der Waals surface area contributed by atoms with E-state index >= 15 is 0 Å². The molecular weight excluding hydrogens is 235 g/mol. The molecule has 3 nitrogen and oxygen atoms in total. The Morgan fingerprint density at radius 3 is 2.59 bits per heavy atom. The normalized spacial score (nSPS) is 11.0. The van der Waals surface area contributed by atoms with Gasteiger partial charge in [0.05, 0.1) is 25.3 Å². The van der Waals surface area contributed by atoms with E-state index in [0.29, 0.717) is 16.9 Å². The molecule has 0 saturated carbocycles. The second-order valence-corrected chi connectivity index (χ2v) is 3.25. The predicted octanol–water partition coefficient (Wildman–Crippen LogP) is 2.65. The first-order valence-electron chi connectivity index (χ1n) is 4.68. The lowest BCUT2D eigenvalue weighted by Crippen LogP contribution is -2.16. The molecule has 0 aliphatic carbocycles. The summed E-state index contributed by atoms with van der Waals surface area (Å²) in [6, 6.07) is 6.37. The van der Waals surface area contributed by atoms with E-state index in [9.17, 15) is 13.2 Å². The highest BCUT2D eigenvalue weighted by Gasteiger charge is 2.27. The lowest BCUT2D eigenvalue weighted by Gasteiger charge is -2.10. The standard InChI is InChI=1S/C11H10F3NO2/c1-16-10-3-2-8(5-15)4-9(10)6-17-7-11(12,13)14/h2-4H,6-7H2,1H3. The van der Waals surface area contributed by atoms with Crippen LogP contribution >= 0.6 is 0 Å². The smallest absolute Gasteiger partial charge is 0.411 e.